The van der Waals surface area contributed by atoms with Gasteiger partial charge >= 0.3 is 0 Å². The van der Waals surface area contributed by atoms with E-state index in [1.54, 1.807) is 6.07 Å². The van der Waals surface area contributed by atoms with Crippen molar-refractivity contribution in [2.45, 2.75) is 27.4 Å². The smallest absolute Gasteiger partial charge is 0.158 e. The van der Waals surface area contributed by atoms with Gasteiger partial charge in [-0.1, -0.05) is 23.3 Å². The zero-order chi connectivity index (χ0) is 12.7. The van der Waals surface area contributed by atoms with Crippen LogP contribution >= 0.6 is 11.6 Å². The average Bonchev–Trinajstić information content (AvgIpc) is 2.25. The molecule has 1 aromatic heterocycles. The van der Waals surface area contributed by atoms with E-state index in [4.69, 9.17) is 16.3 Å². The molecule has 17 heavy (non-hydrogen) atoms. The summed E-state index contributed by atoms with van der Waals surface area (Å²) in [4.78, 5) is 8.40. The van der Waals surface area contributed by atoms with Crippen LogP contribution in [0.4, 0.5) is 5.82 Å². The Kier molecular flexibility index (Phi) is 5.94. The van der Waals surface area contributed by atoms with Crippen LogP contribution in [0.1, 0.15) is 26.6 Å². The molecule has 0 unspecified atom stereocenters. The van der Waals surface area contributed by atoms with Crippen molar-refractivity contribution < 1.29 is 4.74 Å². The standard InChI is InChI=1S/C12H18ClN3O/c1-4-17-8-12-15-10(13)7-11(16-12)14-6-5-9(2)3/h5,7H,4,6,8H2,1-3H3,(H,14,15,16). The third-order valence-electron chi connectivity index (χ3n) is 1.97. The average molecular weight is 256 g/mol. The van der Waals surface area contributed by atoms with E-state index in [0.717, 1.165) is 12.4 Å². The Labute approximate surface area is 107 Å². The molecule has 94 valence electrons. The number of allylic oxidation sites excluding steroid dienone is 1. The summed E-state index contributed by atoms with van der Waals surface area (Å²) in [6.07, 6.45) is 2.08. The fraction of sp³-hybridized carbons (Fsp3) is 0.500. The lowest BCUT2D eigenvalue weighted by Gasteiger charge is -2.06. The van der Waals surface area contributed by atoms with Crippen molar-refractivity contribution >= 4 is 17.4 Å². The second-order valence-electron chi connectivity index (χ2n) is 3.79. The summed E-state index contributed by atoms with van der Waals surface area (Å²) < 4.78 is 5.25. The fourth-order valence-corrected chi connectivity index (χ4v) is 1.37. The lowest BCUT2D eigenvalue weighted by Crippen LogP contribution is -2.06. The zero-order valence-electron chi connectivity index (χ0n) is 10.5. The van der Waals surface area contributed by atoms with Gasteiger partial charge in [0.1, 0.15) is 17.6 Å². The Morgan fingerprint density at radius 1 is 1.47 bits per heavy atom. The largest absolute Gasteiger partial charge is 0.374 e. The lowest BCUT2D eigenvalue weighted by atomic mass is 10.3. The van der Waals surface area contributed by atoms with Crippen LogP contribution in [-0.4, -0.2) is 23.1 Å². The van der Waals surface area contributed by atoms with E-state index in [1.165, 1.54) is 5.57 Å². The molecule has 0 aliphatic rings. The molecule has 0 aliphatic carbocycles. The van der Waals surface area contributed by atoms with Crippen molar-refractivity contribution in [2.75, 3.05) is 18.5 Å². The summed E-state index contributed by atoms with van der Waals surface area (Å²) in [5.74, 6) is 1.32. The molecule has 1 aromatic rings. The van der Waals surface area contributed by atoms with Crippen molar-refractivity contribution in [1.82, 2.24) is 9.97 Å². The Morgan fingerprint density at radius 3 is 2.88 bits per heavy atom. The van der Waals surface area contributed by atoms with E-state index < -0.39 is 0 Å². The number of ether oxygens (including phenoxy) is 1. The number of aromatic nitrogens is 2. The summed E-state index contributed by atoms with van der Waals surface area (Å²) in [5.41, 5.74) is 1.26. The number of rotatable bonds is 6. The molecule has 5 heteroatoms. The molecule has 0 amide bonds. The van der Waals surface area contributed by atoms with Crippen LogP contribution < -0.4 is 5.32 Å². The predicted molar refractivity (Wildman–Crippen MR) is 70.3 cm³/mol. The van der Waals surface area contributed by atoms with Gasteiger partial charge in [-0.25, -0.2) is 9.97 Å². The van der Waals surface area contributed by atoms with Crippen LogP contribution in [0.5, 0.6) is 0 Å². The quantitative estimate of drug-likeness (QED) is 0.627. The van der Waals surface area contributed by atoms with Gasteiger partial charge in [0.15, 0.2) is 5.82 Å². The second-order valence-corrected chi connectivity index (χ2v) is 4.18. The maximum atomic E-state index is 5.91. The maximum Gasteiger partial charge on any atom is 0.158 e. The van der Waals surface area contributed by atoms with Gasteiger partial charge in [0.2, 0.25) is 0 Å². The van der Waals surface area contributed by atoms with Crippen LogP contribution in [-0.2, 0) is 11.3 Å². The highest BCUT2D eigenvalue weighted by Gasteiger charge is 2.02. The molecule has 0 atom stereocenters. The Morgan fingerprint density at radius 2 is 2.24 bits per heavy atom. The van der Waals surface area contributed by atoms with Gasteiger partial charge in [0, 0.05) is 19.2 Å². The van der Waals surface area contributed by atoms with E-state index in [-0.39, 0.29) is 0 Å². The second kappa shape index (κ2) is 7.25. The Bertz CT molecular complexity index is 389. The zero-order valence-corrected chi connectivity index (χ0v) is 11.2. The van der Waals surface area contributed by atoms with E-state index in [1.807, 2.05) is 6.92 Å². The molecule has 0 aliphatic heterocycles. The van der Waals surface area contributed by atoms with Crippen LogP contribution in [0.3, 0.4) is 0 Å². The highest BCUT2D eigenvalue weighted by Crippen LogP contribution is 2.12. The highest BCUT2D eigenvalue weighted by atomic mass is 35.5. The van der Waals surface area contributed by atoms with Gasteiger partial charge in [-0.05, 0) is 20.8 Å². The summed E-state index contributed by atoms with van der Waals surface area (Å²) in [6, 6.07) is 1.70. The first-order valence-corrected chi connectivity index (χ1v) is 5.98. The minimum atomic E-state index is 0.383. The Balaban J connectivity index is 2.65. The molecule has 0 radical (unpaired) electrons. The van der Waals surface area contributed by atoms with Gasteiger partial charge in [-0.3, -0.25) is 0 Å². The molecule has 0 aromatic carbocycles. The molecule has 1 rings (SSSR count). The predicted octanol–water partition coefficient (Wildman–Crippen LogP) is 3.04. The van der Waals surface area contributed by atoms with Crippen molar-refractivity contribution in [3.8, 4) is 0 Å². The third kappa shape index (κ3) is 5.65. The number of anilines is 1. The molecule has 0 fully saturated rings. The minimum Gasteiger partial charge on any atom is -0.374 e. The fourth-order valence-electron chi connectivity index (χ4n) is 1.17. The number of nitrogens with one attached hydrogen (secondary N) is 1. The van der Waals surface area contributed by atoms with Crippen LogP contribution in [0.15, 0.2) is 17.7 Å². The summed E-state index contributed by atoms with van der Waals surface area (Å²) >= 11 is 5.91. The highest BCUT2D eigenvalue weighted by molar-refractivity contribution is 6.29. The molecule has 0 saturated carbocycles. The summed E-state index contributed by atoms with van der Waals surface area (Å²) in [5, 5.41) is 3.59. The van der Waals surface area contributed by atoms with Gasteiger partial charge < -0.3 is 10.1 Å². The van der Waals surface area contributed by atoms with E-state index in [0.29, 0.717) is 24.2 Å². The molecule has 0 bridgehead atoms. The lowest BCUT2D eigenvalue weighted by molar-refractivity contribution is 0.128. The van der Waals surface area contributed by atoms with Gasteiger partial charge in [-0.2, -0.15) is 0 Å². The van der Waals surface area contributed by atoms with Crippen molar-refractivity contribution in [3.63, 3.8) is 0 Å². The third-order valence-corrected chi connectivity index (χ3v) is 2.16. The van der Waals surface area contributed by atoms with Gasteiger partial charge in [-0.15, -0.1) is 0 Å². The normalized spacial score (nSPS) is 10.1. The number of halogens is 1. The Hall–Kier alpha value is -1.13. The molecular formula is C12H18ClN3O. The molecule has 0 saturated heterocycles. The first kappa shape index (κ1) is 13.9. The topological polar surface area (TPSA) is 47.0 Å². The SMILES string of the molecule is CCOCc1nc(Cl)cc(NCC=C(C)C)n1. The van der Waals surface area contributed by atoms with E-state index in [9.17, 15) is 0 Å². The molecule has 4 nitrogen and oxygen atoms in total. The van der Waals surface area contributed by atoms with Crippen LogP contribution in [0, 0.1) is 0 Å². The van der Waals surface area contributed by atoms with Crippen LogP contribution in [0.2, 0.25) is 5.15 Å². The molecule has 1 N–H and O–H groups in total. The molecule has 0 spiro atoms. The summed E-state index contributed by atoms with van der Waals surface area (Å²) in [7, 11) is 0. The molecule has 1 heterocycles. The number of hydrogen-bond acceptors (Lipinski definition) is 4. The van der Waals surface area contributed by atoms with Gasteiger partial charge in [0.25, 0.3) is 0 Å². The van der Waals surface area contributed by atoms with E-state index in [2.05, 4.69) is 35.2 Å². The van der Waals surface area contributed by atoms with Crippen molar-refractivity contribution in [1.29, 1.82) is 0 Å². The minimum absolute atomic E-state index is 0.383. The number of nitrogens with zero attached hydrogens (tertiary/aromatic N) is 2. The maximum absolute atomic E-state index is 5.91. The van der Waals surface area contributed by atoms with Crippen LogP contribution in [0.25, 0.3) is 0 Å². The van der Waals surface area contributed by atoms with E-state index >= 15 is 0 Å². The molecular weight excluding hydrogens is 238 g/mol. The van der Waals surface area contributed by atoms with Crippen molar-refractivity contribution in [3.05, 3.63) is 28.7 Å². The number of hydrogen-bond donors (Lipinski definition) is 1. The first-order chi connectivity index (χ1) is 8.11. The van der Waals surface area contributed by atoms with Gasteiger partial charge in [0.05, 0.1) is 0 Å². The summed E-state index contributed by atoms with van der Waals surface area (Å²) in [6.45, 7) is 7.78. The first-order valence-electron chi connectivity index (χ1n) is 5.60. The monoisotopic (exact) mass is 255 g/mol. The van der Waals surface area contributed by atoms with Crippen molar-refractivity contribution in [2.24, 2.45) is 0 Å².